The summed E-state index contributed by atoms with van der Waals surface area (Å²) in [6, 6.07) is 4.67. The van der Waals surface area contributed by atoms with Gasteiger partial charge >= 0.3 is 0 Å². The Morgan fingerprint density at radius 2 is 2.16 bits per heavy atom. The van der Waals surface area contributed by atoms with Crippen LogP contribution in [0.25, 0.3) is 0 Å². The molecule has 1 unspecified atom stereocenters. The Bertz CT molecular complexity index is 989. The van der Waals surface area contributed by atoms with Crippen LogP contribution in [-0.2, 0) is 4.79 Å². The lowest BCUT2D eigenvalue weighted by Crippen LogP contribution is -2.32. The van der Waals surface area contributed by atoms with Crippen molar-refractivity contribution < 1.29 is 19.0 Å². The van der Waals surface area contributed by atoms with Crippen LogP contribution in [0.3, 0.4) is 0 Å². The van der Waals surface area contributed by atoms with Crippen molar-refractivity contribution in [2.24, 2.45) is 0 Å². The number of amides is 1. The summed E-state index contributed by atoms with van der Waals surface area (Å²) in [6.07, 6.45) is 8.07. The second kappa shape index (κ2) is 8.01. The van der Waals surface area contributed by atoms with Crippen LogP contribution in [0.5, 0.6) is 5.75 Å². The van der Waals surface area contributed by atoms with Crippen molar-refractivity contribution in [1.82, 2.24) is 20.2 Å². The summed E-state index contributed by atoms with van der Waals surface area (Å²) < 4.78 is 19.5. The number of nitrogens with one attached hydrogen (secondary N) is 1. The van der Waals surface area contributed by atoms with Crippen molar-refractivity contribution in [2.45, 2.75) is 31.4 Å². The lowest BCUT2D eigenvalue weighted by molar-refractivity contribution is -0.126. The van der Waals surface area contributed by atoms with Gasteiger partial charge in [0.25, 0.3) is 5.91 Å². The first-order valence-electron chi connectivity index (χ1n) is 10.8. The summed E-state index contributed by atoms with van der Waals surface area (Å²) in [5.74, 6) is 0.383. The molecule has 0 aliphatic carbocycles. The number of ether oxygens (including phenoxy) is 1. The zero-order valence-electron chi connectivity index (χ0n) is 17.6. The third-order valence-corrected chi connectivity index (χ3v) is 6.52. The number of rotatable bonds is 4. The fourth-order valence-corrected chi connectivity index (χ4v) is 4.96. The van der Waals surface area contributed by atoms with Crippen LogP contribution in [0.4, 0.5) is 4.39 Å². The number of halogens is 1. The fourth-order valence-electron chi connectivity index (χ4n) is 4.96. The molecule has 2 fully saturated rings. The number of carbonyl (C=O) groups excluding carboxylic acids is 1. The minimum absolute atomic E-state index is 0.0101. The van der Waals surface area contributed by atoms with E-state index in [1.807, 2.05) is 23.4 Å². The Morgan fingerprint density at radius 3 is 2.94 bits per heavy atom. The molecule has 2 atom stereocenters. The maximum absolute atomic E-state index is 14.0. The highest BCUT2D eigenvalue weighted by molar-refractivity contribution is 5.96. The van der Waals surface area contributed by atoms with Gasteiger partial charge in [0.05, 0.1) is 30.5 Å². The quantitative estimate of drug-likeness (QED) is 0.768. The molecule has 31 heavy (non-hydrogen) atoms. The highest BCUT2D eigenvalue weighted by Crippen LogP contribution is 2.41. The van der Waals surface area contributed by atoms with Gasteiger partial charge in [-0.3, -0.25) is 9.80 Å². The Morgan fingerprint density at radius 1 is 1.29 bits per heavy atom. The van der Waals surface area contributed by atoms with Crippen molar-refractivity contribution in [3.05, 3.63) is 64.9 Å². The lowest BCUT2D eigenvalue weighted by atomic mass is 10.0. The number of carbonyl (C=O) groups is 1. The predicted molar refractivity (Wildman–Crippen MR) is 113 cm³/mol. The molecule has 0 aromatic heterocycles. The first-order chi connectivity index (χ1) is 15.0. The summed E-state index contributed by atoms with van der Waals surface area (Å²) in [4.78, 5) is 17.0. The number of methoxy groups -OCH3 is 1. The smallest absolute Gasteiger partial charge is 0.253 e. The summed E-state index contributed by atoms with van der Waals surface area (Å²) >= 11 is 0. The molecule has 1 aromatic rings. The second-order valence-electron chi connectivity index (χ2n) is 8.38. The van der Waals surface area contributed by atoms with Gasteiger partial charge in [0.15, 0.2) is 0 Å². The SMILES string of the molecule is COc1ccc(F)cc1C1CCCN1C1=CC2=C(C(=O)N3CC[C@H](O)C3)CNN2C=C1. The van der Waals surface area contributed by atoms with Gasteiger partial charge in [-0.05, 0) is 49.6 Å². The van der Waals surface area contributed by atoms with Crippen molar-refractivity contribution in [2.75, 3.05) is 33.3 Å². The Balaban J connectivity index is 1.46. The fraction of sp³-hybridized carbons (Fsp3) is 0.435. The van der Waals surface area contributed by atoms with Crippen LogP contribution < -0.4 is 10.2 Å². The van der Waals surface area contributed by atoms with E-state index in [0.29, 0.717) is 37.4 Å². The second-order valence-corrected chi connectivity index (χ2v) is 8.38. The van der Waals surface area contributed by atoms with Crippen molar-refractivity contribution in [3.63, 3.8) is 0 Å². The third-order valence-electron chi connectivity index (χ3n) is 6.52. The topological polar surface area (TPSA) is 68.3 Å². The minimum atomic E-state index is -0.441. The van der Waals surface area contributed by atoms with Gasteiger partial charge in [0.1, 0.15) is 11.6 Å². The molecule has 1 amide bonds. The summed E-state index contributed by atoms with van der Waals surface area (Å²) in [5, 5.41) is 11.7. The molecule has 8 heteroatoms. The number of hydrogen-bond donors (Lipinski definition) is 2. The van der Waals surface area contributed by atoms with E-state index in [-0.39, 0.29) is 17.8 Å². The normalized spacial score (nSPS) is 25.4. The van der Waals surface area contributed by atoms with E-state index in [9.17, 15) is 14.3 Å². The van der Waals surface area contributed by atoms with Crippen LogP contribution in [-0.4, -0.2) is 65.2 Å². The molecule has 0 radical (unpaired) electrons. The standard InChI is InChI=1S/C23H27FN4O3/c1-31-22-5-4-15(24)11-18(22)20-3-2-8-27(20)16-6-10-28-21(12-16)19(13-25-28)23(30)26-9-7-17(29)14-26/h4-6,10-12,17,20,25,29H,2-3,7-9,13-14H2,1H3/t17-,20?/m0/s1. The van der Waals surface area contributed by atoms with Crippen molar-refractivity contribution in [3.8, 4) is 5.75 Å². The number of likely N-dealkylation sites (tertiary alicyclic amines) is 2. The largest absolute Gasteiger partial charge is 0.496 e. The van der Waals surface area contributed by atoms with Crippen LogP contribution in [0, 0.1) is 5.82 Å². The number of hydrazine groups is 1. The minimum Gasteiger partial charge on any atom is -0.496 e. The molecule has 0 spiro atoms. The van der Waals surface area contributed by atoms with Gasteiger partial charge in [0.2, 0.25) is 0 Å². The molecule has 1 aromatic carbocycles. The first-order valence-corrected chi connectivity index (χ1v) is 10.8. The van der Waals surface area contributed by atoms with E-state index in [4.69, 9.17) is 4.74 Å². The monoisotopic (exact) mass is 426 g/mol. The van der Waals surface area contributed by atoms with Gasteiger partial charge in [0, 0.05) is 43.6 Å². The first kappa shape index (κ1) is 20.1. The average molecular weight is 426 g/mol. The Hall–Kier alpha value is -2.84. The molecule has 7 nitrogen and oxygen atoms in total. The Labute approximate surface area is 181 Å². The van der Waals surface area contributed by atoms with E-state index in [1.54, 1.807) is 24.1 Å². The van der Waals surface area contributed by atoms with Gasteiger partial charge in [-0.2, -0.15) is 0 Å². The van der Waals surface area contributed by atoms with E-state index < -0.39 is 6.10 Å². The van der Waals surface area contributed by atoms with E-state index in [0.717, 1.165) is 36.3 Å². The number of fused-ring (bicyclic) bond motifs is 1. The molecule has 4 aliphatic rings. The lowest BCUT2D eigenvalue weighted by Gasteiger charge is -2.32. The van der Waals surface area contributed by atoms with Gasteiger partial charge in [-0.1, -0.05) is 0 Å². The van der Waals surface area contributed by atoms with Crippen LogP contribution in [0.15, 0.2) is 53.5 Å². The van der Waals surface area contributed by atoms with Crippen LogP contribution >= 0.6 is 0 Å². The summed E-state index contributed by atoms with van der Waals surface area (Å²) in [7, 11) is 1.61. The number of hydrogen-bond acceptors (Lipinski definition) is 6. The van der Waals surface area contributed by atoms with Gasteiger partial charge in [-0.15, -0.1) is 0 Å². The number of aliphatic hydroxyl groups is 1. The highest BCUT2D eigenvalue weighted by atomic mass is 19.1. The molecule has 164 valence electrons. The van der Waals surface area contributed by atoms with E-state index >= 15 is 0 Å². The molecule has 4 heterocycles. The maximum Gasteiger partial charge on any atom is 0.253 e. The van der Waals surface area contributed by atoms with Crippen molar-refractivity contribution >= 4 is 5.91 Å². The maximum atomic E-state index is 14.0. The third kappa shape index (κ3) is 3.59. The number of nitrogens with zero attached hydrogens (tertiary/aromatic N) is 3. The average Bonchev–Trinajstić information content (AvgIpc) is 3.52. The molecule has 2 N–H and O–H groups in total. The number of β-amino-alcohol motifs (C(OH)–C–C–N with tert-alkyl or cyclic N) is 1. The molecule has 2 saturated heterocycles. The predicted octanol–water partition coefficient (Wildman–Crippen LogP) is 2.05. The molecule has 4 aliphatic heterocycles. The number of aliphatic hydroxyl groups excluding tert-OH is 1. The molecule has 0 saturated carbocycles. The highest BCUT2D eigenvalue weighted by Gasteiger charge is 2.35. The van der Waals surface area contributed by atoms with Crippen molar-refractivity contribution in [1.29, 1.82) is 0 Å². The molecule has 0 bridgehead atoms. The van der Waals surface area contributed by atoms with E-state index in [1.165, 1.54) is 6.07 Å². The van der Waals surface area contributed by atoms with Crippen LogP contribution in [0.2, 0.25) is 0 Å². The summed E-state index contributed by atoms with van der Waals surface area (Å²) in [5.41, 5.74) is 6.61. The summed E-state index contributed by atoms with van der Waals surface area (Å²) in [6.45, 7) is 2.27. The number of allylic oxidation sites excluding steroid dienone is 2. The zero-order chi connectivity index (χ0) is 21.5. The molecular weight excluding hydrogens is 399 g/mol. The van der Waals surface area contributed by atoms with Gasteiger partial charge in [-0.25, -0.2) is 9.82 Å². The zero-order valence-corrected chi connectivity index (χ0v) is 17.6. The van der Waals surface area contributed by atoms with E-state index in [2.05, 4.69) is 10.3 Å². The molecular formula is C23H27FN4O3. The molecule has 5 rings (SSSR count). The van der Waals surface area contributed by atoms with Gasteiger partial charge < -0.3 is 19.6 Å². The van der Waals surface area contributed by atoms with Crippen LogP contribution in [0.1, 0.15) is 30.9 Å². The Kier molecular flexibility index (Phi) is 5.19. The number of benzene rings is 1.